The van der Waals surface area contributed by atoms with E-state index in [2.05, 4.69) is 18.8 Å². The van der Waals surface area contributed by atoms with E-state index in [9.17, 15) is 4.79 Å². The van der Waals surface area contributed by atoms with E-state index in [4.69, 9.17) is 5.11 Å². The molecule has 0 bridgehead atoms. The molecule has 0 aliphatic heterocycles. The van der Waals surface area contributed by atoms with Gasteiger partial charge in [-0.2, -0.15) is 0 Å². The third-order valence-corrected chi connectivity index (χ3v) is 4.72. The number of thiazole rings is 1. The Balaban J connectivity index is 2.44. The minimum atomic E-state index is -0.830. The van der Waals surface area contributed by atoms with Gasteiger partial charge in [-0.1, -0.05) is 19.9 Å². The normalized spacial score (nSPS) is 11.0. The standard InChI is InChI=1S/C12H13NO2S2/c1-7(2)12-13-8(6-10(14)15)11(17-12)9-4-3-5-16-9/h3-5,7H,6H2,1-2H3,(H,14,15). The van der Waals surface area contributed by atoms with Gasteiger partial charge in [-0.3, -0.25) is 4.79 Å². The molecule has 0 saturated carbocycles. The number of aromatic nitrogens is 1. The van der Waals surface area contributed by atoms with Crippen molar-refractivity contribution in [3.63, 3.8) is 0 Å². The van der Waals surface area contributed by atoms with Gasteiger partial charge in [-0.05, 0) is 11.4 Å². The van der Waals surface area contributed by atoms with Crippen LogP contribution in [0.4, 0.5) is 0 Å². The van der Waals surface area contributed by atoms with Crippen molar-refractivity contribution in [2.75, 3.05) is 0 Å². The van der Waals surface area contributed by atoms with E-state index in [0.29, 0.717) is 11.6 Å². The lowest BCUT2D eigenvalue weighted by atomic mass is 10.2. The van der Waals surface area contributed by atoms with Crippen LogP contribution in [-0.2, 0) is 11.2 Å². The van der Waals surface area contributed by atoms with E-state index in [-0.39, 0.29) is 6.42 Å². The van der Waals surface area contributed by atoms with Gasteiger partial charge in [0.05, 0.1) is 22.0 Å². The van der Waals surface area contributed by atoms with Gasteiger partial charge in [-0.25, -0.2) is 4.98 Å². The van der Waals surface area contributed by atoms with E-state index in [1.165, 1.54) is 0 Å². The number of carbonyl (C=O) groups is 1. The molecule has 0 fully saturated rings. The van der Waals surface area contributed by atoms with Crippen LogP contribution in [-0.4, -0.2) is 16.1 Å². The Hall–Kier alpha value is -1.20. The second-order valence-electron chi connectivity index (χ2n) is 4.03. The first kappa shape index (κ1) is 12.3. The lowest BCUT2D eigenvalue weighted by Crippen LogP contribution is -2.01. The smallest absolute Gasteiger partial charge is 0.309 e. The number of hydrogen-bond acceptors (Lipinski definition) is 4. The molecule has 0 spiro atoms. The Bertz CT molecular complexity index is 515. The highest BCUT2D eigenvalue weighted by Crippen LogP contribution is 2.36. The predicted molar refractivity (Wildman–Crippen MR) is 70.9 cm³/mol. The molecule has 1 N–H and O–H groups in total. The summed E-state index contributed by atoms with van der Waals surface area (Å²) in [6.07, 6.45) is -0.00352. The number of thiophene rings is 1. The fourth-order valence-electron chi connectivity index (χ4n) is 1.48. The molecule has 17 heavy (non-hydrogen) atoms. The predicted octanol–water partition coefficient (Wildman–Crippen LogP) is 3.62. The maximum atomic E-state index is 10.8. The largest absolute Gasteiger partial charge is 0.481 e. The maximum absolute atomic E-state index is 10.8. The molecule has 0 aliphatic carbocycles. The number of carboxylic acids is 1. The Labute approximate surface area is 108 Å². The van der Waals surface area contributed by atoms with Crippen molar-refractivity contribution in [2.45, 2.75) is 26.2 Å². The minimum Gasteiger partial charge on any atom is -0.481 e. The zero-order chi connectivity index (χ0) is 12.4. The van der Waals surface area contributed by atoms with Gasteiger partial charge in [0.25, 0.3) is 0 Å². The lowest BCUT2D eigenvalue weighted by molar-refractivity contribution is -0.136. The number of carboxylic acid groups (broad SMARTS) is 1. The maximum Gasteiger partial charge on any atom is 0.309 e. The molecule has 3 nitrogen and oxygen atoms in total. The first-order valence-corrected chi connectivity index (χ1v) is 7.02. The van der Waals surface area contributed by atoms with Crippen molar-refractivity contribution in [3.05, 3.63) is 28.2 Å². The van der Waals surface area contributed by atoms with Crippen LogP contribution in [0.1, 0.15) is 30.5 Å². The van der Waals surface area contributed by atoms with Crippen molar-refractivity contribution in [2.24, 2.45) is 0 Å². The van der Waals surface area contributed by atoms with Gasteiger partial charge in [0.15, 0.2) is 0 Å². The fourth-order valence-corrected chi connectivity index (χ4v) is 3.44. The molecule has 2 heterocycles. The van der Waals surface area contributed by atoms with Crippen LogP contribution in [0, 0.1) is 0 Å². The summed E-state index contributed by atoms with van der Waals surface area (Å²) >= 11 is 3.22. The summed E-state index contributed by atoms with van der Waals surface area (Å²) in [5, 5.41) is 11.9. The highest BCUT2D eigenvalue weighted by atomic mass is 32.1. The zero-order valence-electron chi connectivity index (χ0n) is 9.64. The summed E-state index contributed by atoms with van der Waals surface area (Å²) in [5.41, 5.74) is 0.689. The van der Waals surface area contributed by atoms with Crippen molar-refractivity contribution < 1.29 is 9.90 Å². The lowest BCUT2D eigenvalue weighted by Gasteiger charge is -1.95. The van der Waals surface area contributed by atoms with E-state index in [0.717, 1.165) is 14.8 Å². The van der Waals surface area contributed by atoms with Gasteiger partial charge in [-0.15, -0.1) is 22.7 Å². The van der Waals surface area contributed by atoms with E-state index in [1.54, 1.807) is 22.7 Å². The molecule has 2 aromatic rings. The van der Waals surface area contributed by atoms with Crippen molar-refractivity contribution >= 4 is 28.6 Å². The van der Waals surface area contributed by atoms with Gasteiger partial charge in [0.2, 0.25) is 0 Å². The summed E-state index contributed by atoms with van der Waals surface area (Å²) < 4.78 is 0. The summed E-state index contributed by atoms with van der Waals surface area (Å²) in [4.78, 5) is 17.4. The van der Waals surface area contributed by atoms with Gasteiger partial charge >= 0.3 is 5.97 Å². The molecule has 5 heteroatoms. The SMILES string of the molecule is CC(C)c1nc(CC(=O)O)c(-c2cccs2)s1. The quantitative estimate of drug-likeness (QED) is 0.920. The van der Waals surface area contributed by atoms with Crippen LogP contribution in [0.15, 0.2) is 17.5 Å². The Morgan fingerprint density at radius 3 is 2.82 bits per heavy atom. The van der Waals surface area contributed by atoms with Gasteiger partial charge < -0.3 is 5.11 Å². The number of rotatable bonds is 4. The Kier molecular flexibility index (Phi) is 3.59. The summed E-state index contributed by atoms with van der Waals surface area (Å²) in [5.74, 6) is -0.496. The molecule has 0 radical (unpaired) electrons. The fraction of sp³-hybridized carbons (Fsp3) is 0.333. The first-order valence-electron chi connectivity index (χ1n) is 5.33. The second kappa shape index (κ2) is 4.98. The minimum absolute atomic E-state index is 0.00352. The molecular weight excluding hydrogens is 254 g/mol. The van der Waals surface area contributed by atoms with E-state index < -0.39 is 5.97 Å². The average molecular weight is 267 g/mol. The molecule has 0 atom stereocenters. The highest BCUT2D eigenvalue weighted by molar-refractivity contribution is 7.21. The first-order chi connectivity index (χ1) is 8.08. The molecule has 90 valence electrons. The van der Waals surface area contributed by atoms with Crippen LogP contribution >= 0.6 is 22.7 Å². The highest BCUT2D eigenvalue weighted by Gasteiger charge is 2.17. The molecule has 0 saturated heterocycles. The van der Waals surface area contributed by atoms with Crippen LogP contribution in [0.3, 0.4) is 0 Å². The van der Waals surface area contributed by atoms with Crippen molar-refractivity contribution in [3.8, 4) is 9.75 Å². The Morgan fingerprint density at radius 2 is 2.29 bits per heavy atom. The van der Waals surface area contributed by atoms with Gasteiger partial charge in [0.1, 0.15) is 0 Å². The summed E-state index contributed by atoms with van der Waals surface area (Å²) in [6, 6.07) is 3.98. The van der Waals surface area contributed by atoms with Crippen molar-refractivity contribution in [1.82, 2.24) is 4.98 Å². The van der Waals surface area contributed by atoms with Crippen molar-refractivity contribution in [1.29, 1.82) is 0 Å². The molecule has 2 rings (SSSR count). The zero-order valence-corrected chi connectivity index (χ0v) is 11.3. The summed E-state index contributed by atoms with van der Waals surface area (Å²) in [7, 11) is 0. The molecule has 2 aromatic heterocycles. The average Bonchev–Trinajstić information content (AvgIpc) is 2.83. The van der Waals surface area contributed by atoms with E-state index >= 15 is 0 Å². The third-order valence-electron chi connectivity index (χ3n) is 2.27. The van der Waals surface area contributed by atoms with E-state index in [1.807, 2.05) is 17.5 Å². The monoisotopic (exact) mass is 267 g/mol. The molecule has 0 aliphatic rings. The number of nitrogens with zero attached hydrogens (tertiary/aromatic N) is 1. The molecule has 0 aromatic carbocycles. The van der Waals surface area contributed by atoms with Crippen LogP contribution in [0.2, 0.25) is 0 Å². The van der Waals surface area contributed by atoms with Crippen LogP contribution in [0.5, 0.6) is 0 Å². The second-order valence-corrected chi connectivity index (χ2v) is 6.01. The summed E-state index contributed by atoms with van der Waals surface area (Å²) in [6.45, 7) is 4.14. The molecule has 0 unspecified atom stereocenters. The number of aliphatic carboxylic acids is 1. The Morgan fingerprint density at radius 1 is 1.53 bits per heavy atom. The van der Waals surface area contributed by atoms with Gasteiger partial charge in [0, 0.05) is 10.8 Å². The topological polar surface area (TPSA) is 50.2 Å². The molecular formula is C12H13NO2S2. The number of hydrogen-bond donors (Lipinski definition) is 1. The third kappa shape index (κ3) is 2.73. The van der Waals surface area contributed by atoms with Crippen LogP contribution in [0.25, 0.3) is 9.75 Å². The molecule has 0 amide bonds. The van der Waals surface area contributed by atoms with Crippen LogP contribution < -0.4 is 0 Å².